The van der Waals surface area contributed by atoms with Gasteiger partial charge in [0.15, 0.2) is 0 Å². The van der Waals surface area contributed by atoms with E-state index in [0.717, 1.165) is 22.6 Å². The van der Waals surface area contributed by atoms with Crippen LogP contribution in [0.15, 0.2) is 18.2 Å². The maximum atomic E-state index is 9.09. The van der Waals surface area contributed by atoms with E-state index in [2.05, 4.69) is 16.5 Å². The number of aryl methyl sites for hydroxylation is 2. The van der Waals surface area contributed by atoms with Crippen LogP contribution < -0.4 is 5.32 Å². The molecule has 0 fully saturated rings. The summed E-state index contributed by atoms with van der Waals surface area (Å²) < 4.78 is 1.86. The van der Waals surface area contributed by atoms with Crippen molar-refractivity contribution in [3.05, 3.63) is 45.7 Å². The van der Waals surface area contributed by atoms with E-state index >= 15 is 0 Å². The highest BCUT2D eigenvalue weighted by Gasteiger charge is 2.10. The van der Waals surface area contributed by atoms with Gasteiger partial charge in [-0.1, -0.05) is 11.6 Å². The van der Waals surface area contributed by atoms with Gasteiger partial charge in [0.1, 0.15) is 6.07 Å². The number of hydrogen-bond donors (Lipinski definition) is 1. The summed E-state index contributed by atoms with van der Waals surface area (Å²) in [5.74, 6) is 0. The summed E-state index contributed by atoms with van der Waals surface area (Å²) in [6, 6.07) is 7.39. The predicted molar refractivity (Wildman–Crippen MR) is 76.2 cm³/mol. The smallest absolute Gasteiger partial charge is 0.101 e. The Morgan fingerprint density at radius 2 is 2.16 bits per heavy atom. The molecule has 1 N–H and O–H groups in total. The van der Waals surface area contributed by atoms with Crippen LogP contribution >= 0.6 is 11.6 Å². The minimum Gasteiger partial charge on any atom is -0.380 e. The van der Waals surface area contributed by atoms with Crippen molar-refractivity contribution in [3.63, 3.8) is 0 Å². The summed E-state index contributed by atoms with van der Waals surface area (Å²) in [5.41, 5.74) is 4.61. The van der Waals surface area contributed by atoms with Crippen molar-refractivity contribution < 1.29 is 0 Å². The van der Waals surface area contributed by atoms with Gasteiger partial charge in [-0.3, -0.25) is 4.68 Å². The van der Waals surface area contributed by atoms with Gasteiger partial charge in [-0.05, 0) is 32.0 Å². The van der Waals surface area contributed by atoms with Crippen LogP contribution in [-0.2, 0) is 13.6 Å². The fourth-order valence-electron chi connectivity index (χ4n) is 2.02. The van der Waals surface area contributed by atoms with Crippen LogP contribution in [0.4, 0.5) is 5.69 Å². The molecule has 0 atom stereocenters. The topological polar surface area (TPSA) is 53.6 Å². The van der Waals surface area contributed by atoms with Crippen LogP contribution in [-0.4, -0.2) is 9.78 Å². The second-order valence-corrected chi connectivity index (χ2v) is 4.86. The normalized spacial score (nSPS) is 10.3. The molecule has 1 heterocycles. The van der Waals surface area contributed by atoms with Gasteiger partial charge >= 0.3 is 0 Å². The van der Waals surface area contributed by atoms with Gasteiger partial charge in [0.05, 0.1) is 16.9 Å². The summed E-state index contributed by atoms with van der Waals surface area (Å²) in [5, 5.41) is 17.3. The first-order chi connectivity index (χ1) is 9.02. The number of anilines is 1. The number of nitrogens with one attached hydrogen (secondary N) is 1. The van der Waals surface area contributed by atoms with E-state index in [1.54, 1.807) is 12.1 Å². The molecule has 0 aliphatic rings. The third-order valence-electron chi connectivity index (χ3n) is 3.22. The third kappa shape index (κ3) is 2.72. The maximum Gasteiger partial charge on any atom is 0.101 e. The van der Waals surface area contributed by atoms with Crippen LogP contribution in [0.2, 0.25) is 5.02 Å². The molecule has 2 aromatic rings. The fourth-order valence-corrected chi connectivity index (χ4v) is 2.19. The molecule has 0 aliphatic carbocycles. The summed E-state index contributed by atoms with van der Waals surface area (Å²) in [6.45, 7) is 4.66. The summed E-state index contributed by atoms with van der Waals surface area (Å²) in [6.07, 6.45) is 0. The molecule has 0 saturated heterocycles. The molecule has 1 aromatic heterocycles. The number of rotatable bonds is 3. The van der Waals surface area contributed by atoms with Crippen molar-refractivity contribution >= 4 is 17.3 Å². The van der Waals surface area contributed by atoms with Gasteiger partial charge in [-0.25, -0.2) is 0 Å². The highest BCUT2D eigenvalue weighted by Crippen LogP contribution is 2.21. The first kappa shape index (κ1) is 13.4. The van der Waals surface area contributed by atoms with Crippen LogP contribution in [0.5, 0.6) is 0 Å². The summed E-state index contributed by atoms with van der Waals surface area (Å²) in [7, 11) is 1.93. The van der Waals surface area contributed by atoms with Crippen LogP contribution in [0.3, 0.4) is 0 Å². The van der Waals surface area contributed by atoms with Crippen molar-refractivity contribution in [2.45, 2.75) is 20.4 Å². The minimum absolute atomic E-state index is 0.548. The lowest BCUT2D eigenvalue weighted by atomic mass is 10.1. The molecule has 4 nitrogen and oxygen atoms in total. The largest absolute Gasteiger partial charge is 0.380 e. The number of aromatic nitrogens is 2. The van der Waals surface area contributed by atoms with Crippen molar-refractivity contribution in [1.82, 2.24) is 9.78 Å². The SMILES string of the molecule is Cc1nn(C)c(C)c1CNc1ccc(Cl)cc1C#N. The molecule has 19 heavy (non-hydrogen) atoms. The number of hydrogen-bond acceptors (Lipinski definition) is 3. The molecule has 98 valence electrons. The quantitative estimate of drug-likeness (QED) is 0.935. The van der Waals surface area contributed by atoms with E-state index in [1.165, 1.54) is 0 Å². The highest BCUT2D eigenvalue weighted by atomic mass is 35.5. The Hall–Kier alpha value is -1.99. The molecule has 0 bridgehead atoms. The highest BCUT2D eigenvalue weighted by molar-refractivity contribution is 6.30. The predicted octanol–water partition coefficient (Wildman–Crippen LogP) is 3.17. The molecular weight excluding hydrogens is 260 g/mol. The Bertz CT molecular complexity index is 652. The second kappa shape index (κ2) is 5.33. The zero-order valence-corrected chi connectivity index (χ0v) is 11.9. The lowest BCUT2D eigenvalue weighted by Gasteiger charge is -2.09. The molecule has 0 spiro atoms. The van der Waals surface area contributed by atoms with E-state index in [1.807, 2.05) is 31.6 Å². The number of halogens is 1. The van der Waals surface area contributed by atoms with Crippen molar-refractivity contribution in [2.24, 2.45) is 7.05 Å². The molecule has 1 aromatic carbocycles. The van der Waals surface area contributed by atoms with Crippen molar-refractivity contribution in [3.8, 4) is 6.07 Å². The van der Waals surface area contributed by atoms with E-state index in [9.17, 15) is 0 Å². The summed E-state index contributed by atoms with van der Waals surface area (Å²) in [4.78, 5) is 0. The Balaban J connectivity index is 2.22. The monoisotopic (exact) mass is 274 g/mol. The van der Waals surface area contributed by atoms with Gasteiger partial charge in [-0.2, -0.15) is 10.4 Å². The zero-order valence-electron chi connectivity index (χ0n) is 11.2. The first-order valence-electron chi connectivity index (χ1n) is 5.95. The molecule has 0 radical (unpaired) electrons. The molecule has 0 saturated carbocycles. The lowest BCUT2D eigenvalue weighted by molar-refractivity contribution is 0.730. The third-order valence-corrected chi connectivity index (χ3v) is 3.45. The van der Waals surface area contributed by atoms with Gasteiger partial charge in [0, 0.05) is 29.9 Å². The number of nitrogens with zero attached hydrogens (tertiary/aromatic N) is 3. The minimum atomic E-state index is 0.548. The Labute approximate surface area is 117 Å². The Morgan fingerprint density at radius 1 is 1.42 bits per heavy atom. The molecule has 0 amide bonds. The van der Waals surface area contributed by atoms with E-state index in [0.29, 0.717) is 17.1 Å². The van der Waals surface area contributed by atoms with Gasteiger partial charge < -0.3 is 5.32 Å². The molecule has 0 aliphatic heterocycles. The van der Waals surface area contributed by atoms with Crippen molar-refractivity contribution in [1.29, 1.82) is 5.26 Å². The zero-order chi connectivity index (χ0) is 14.0. The Kier molecular flexibility index (Phi) is 3.77. The first-order valence-corrected chi connectivity index (χ1v) is 6.33. The van der Waals surface area contributed by atoms with E-state index in [4.69, 9.17) is 16.9 Å². The molecule has 5 heteroatoms. The van der Waals surface area contributed by atoms with Crippen LogP contribution in [0, 0.1) is 25.2 Å². The standard InChI is InChI=1S/C14H15ClN4/c1-9-13(10(2)19(3)18-9)8-17-14-5-4-12(15)6-11(14)7-16/h4-6,17H,8H2,1-3H3. The van der Waals surface area contributed by atoms with Gasteiger partial charge in [-0.15, -0.1) is 0 Å². The molecular formula is C14H15ClN4. The van der Waals surface area contributed by atoms with Crippen LogP contribution in [0.25, 0.3) is 0 Å². The molecule has 0 unspecified atom stereocenters. The maximum absolute atomic E-state index is 9.09. The average molecular weight is 275 g/mol. The lowest BCUT2D eigenvalue weighted by Crippen LogP contribution is -2.03. The Morgan fingerprint density at radius 3 is 2.74 bits per heavy atom. The summed E-state index contributed by atoms with van der Waals surface area (Å²) >= 11 is 5.87. The van der Waals surface area contributed by atoms with Crippen molar-refractivity contribution in [2.75, 3.05) is 5.32 Å². The molecule has 2 rings (SSSR count). The number of nitriles is 1. The average Bonchev–Trinajstić information content (AvgIpc) is 2.62. The van der Waals surface area contributed by atoms with E-state index in [-0.39, 0.29) is 0 Å². The van der Waals surface area contributed by atoms with Crippen LogP contribution in [0.1, 0.15) is 22.5 Å². The van der Waals surface area contributed by atoms with Gasteiger partial charge in [0.25, 0.3) is 0 Å². The second-order valence-electron chi connectivity index (χ2n) is 4.43. The van der Waals surface area contributed by atoms with Gasteiger partial charge in [0.2, 0.25) is 0 Å². The fraction of sp³-hybridized carbons (Fsp3) is 0.286. The number of benzene rings is 1. The van der Waals surface area contributed by atoms with E-state index < -0.39 is 0 Å².